The van der Waals surface area contributed by atoms with Gasteiger partial charge in [0.2, 0.25) is 5.91 Å². The van der Waals surface area contributed by atoms with Crippen LogP contribution in [0.15, 0.2) is 0 Å². The average molecular weight is 229 g/mol. The molecule has 0 aliphatic carbocycles. The predicted molar refractivity (Wildman–Crippen MR) is 52.5 cm³/mol. The van der Waals surface area contributed by atoms with Gasteiger partial charge in [0.25, 0.3) is 0 Å². The number of nitrogens with two attached hydrogens (primary N) is 1. The minimum Gasteiger partial charge on any atom is -0.361 e. The summed E-state index contributed by atoms with van der Waals surface area (Å²) in [5.41, 5.74) is 5.09. The van der Waals surface area contributed by atoms with Crippen LogP contribution in [0.4, 0.5) is 0 Å². The summed E-state index contributed by atoms with van der Waals surface area (Å²) >= 11 is 11.6. The number of hydrogen-bond acceptors (Lipinski definition) is 3. The average Bonchev–Trinajstić information content (AvgIpc) is 2.01. The molecule has 0 aromatic heterocycles. The number of aliphatic hydroxyl groups excluding tert-OH is 1. The number of hydrogen-bond donors (Lipinski definition) is 2. The molecule has 0 aromatic rings. The van der Waals surface area contributed by atoms with Crippen LogP contribution in [0, 0.1) is 0 Å². The third-order valence-electron chi connectivity index (χ3n) is 1.88. The highest BCUT2D eigenvalue weighted by molar-refractivity contribution is 6.40. The van der Waals surface area contributed by atoms with Crippen LogP contribution in [0.1, 0.15) is 13.8 Å². The van der Waals surface area contributed by atoms with E-state index in [-0.39, 0.29) is 0 Å². The van der Waals surface area contributed by atoms with E-state index in [0.717, 1.165) is 4.90 Å². The molecule has 4 nitrogen and oxygen atoms in total. The molecule has 3 unspecified atom stereocenters. The van der Waals surface area contributed by atoms with Crippen LogP contribution in [0.3, 0.4) is 0 Å². The Morgan fingerprint density at radius 2 is 2.08 bits per heavy atom. The molecule has 0 radical (unpaired) electrons. The molecule has 0 aliphatic heterocycles. The lowest BCUT2D eigenvalue weighted by molar-refractivity contribution is -0.140. The molecule has 6 heteroatoms. The highest BCUT2D eigenvalue weighted by Gasteiger charge is 2.39. The zero-order valence-corrected chi connectivity index (χ0v) is 9.30. The van der Waals surface area contributed by atoms with E-state index in [9.17, 15) is 4.79 Å². The molecule has 78 valence electrons. The predicted octanol–water partition coefficient (Wildman–Crippen LogP) is 0.304. The SMILES string of the molecule is CC(Cl)C(C)(Cl)C(=O)N(C)C(N)O. The van der Waals surface area contributed by atoms with Gasteiger partial charge in [-0.05, 0) is 13.8 Å². The number of carbonyl (C=O) groups is 1. The first-order valence-electron chi connectivity index (χ1n) is 3.75. The van der Waals surface area contributed by atoms with Gasteiger partial charge in [0.05, 0.1) is 5.38 Å². The van der Waals surface area contributed by atoms with E-state index in [0.29, 0.717) is 0 Å². The normalized spacial score (nSPS) is 20.2. The number of aliphatic hydroxyl groups is 1. The summed E-state index contributed by atoms with van der Waals surface area (Å²) in [6.07, 6.45) is -1.36. The van der Waals surface area contributed by atoms with Gasteiger partial charge in [0.1, 0.15) is 4.87 Å². The van der Waals surface area contributed by atoms with Crippen molar-refractivity contribution in [2.45, 2.75) is 30.5 Å². The number of rotatable bonds is 3. The fourth-order valence-corrected chi connectivity index (χ4v) is 0.862. The zero-order chi connectivity index (χ0) is 10.8. The van der Waals surface area contributed by atoms with Crippen LogP contribution in [-0.2, 0) is 4.79 Å². The van der Waals surface area contributed by atoms with Gasteiger partial charge in [0.15, 0.2) is 6.35 Å². The van der Waals surface area contributed by atoms with Crippen molar-refractivity contribution in [3.05, 3.63) is 0 Å². The summed E-state index contributed by atoms with van der Waals surface area (Å²) in [5, 5.41) is 8.36. The van der Waals surface area contributed by atoms with Gasteiger partial charge in [-0.25, -0.2) is 0 Å². The van der Waals surface area contributed by atoms with E-state index in [1.165, 1.54) is 14.0 Å². The van der Waals surface area contributed by atoms with Crippen LogP contribution in [0.5, 0.6) is 0 Å². The van der Waals surface area contributed by atoms with Gasteiger partial charge in [-0.15, -0.1) is 23.2 Å². The number of nitrogens with zero attached hydrogens (tertiary/aromatic N) is 1. The Morgan fingerprint density at radius 1 is 1.69 bits per heavy atom. The molecule has 0 bridgehead atoms. The molecule has 3 N–H and O–H groups in total. The maximum absolute atomic E-state index is 11.5. The van der Waals surface area contributed by atoms with E-state index in [4.69, 9.17) is 34.0 Å². The van der Waals surface area contributed by atoms with E-state index >= 15 is 0 Å². The third kappa shape index (κ3) is 2.98. The van der Waals surface area contributed by atoms with E-state index in [2.05, 4.69) is 0 Å². The summed E-state index contributed by atoms with van der Waals surface area (Å²) < 4.78 is 0. The Kier molecular flexibility index (Phi) is 4.45. The van der Waals surface area contributed by atoms with Crippen molar-refractivity contribution in [3.63, 3.8) is 0 Å². The lowest BCUT2D eigenvalue weighted by atomic mass is 10.1. The molecule has 0 spiro atoms. The minimum absolute atomic E-state index is 0.508. The Hall–Kier alpha value is -0.0300. The van der Waals surface area contributed by atoms with Crippen molar-refractivity contribution in [2.75, 3.05) is 7.05 Å². The van der Waals surface area contributed by atoms with Gasteiger partial charge in [-0.1, -0.05) is 0 Å². The molecule has 13 heavy (non-hydrogen) atoms. The Labute approximate surface area is 87.6 Å². The monoisotopic (exact) mass is 228 g/mol. The van der Waals surface area contributed by atoms with Crippen molar-refractivity contribution in [2.24, 2.45) is 5.73 Å². The molecule has 1 amide bonds. The molecule has 0 saturated carbocycles. The molecule has 0 aliphatic rings. The smallest absolute Gasteiger partial charge is 0.247 e. The van der Waals surface area contributed by atoms with E-state index in [1.54, 1.807) is 6.92 Å². The number of alkyl halides is 2. The first-order chi connectivity index (χ1) is 5.71. The second-order valence-electron chi connectivity index (χ2n) is 3.02. The first kappa shape index (κ1) is 13.0. The Balaban J connectivity index is 4.59. The lowest BCUT2D eigenvalue weighted by Gasteiger charge is -2.30. The van der Waals surface area contributed by atoms with Gasteiger partial charge >= 0.3 is 0 Å². The fraction of sp³-hybridized carbons (Fsp3) is 0.857. The van der Waals surface area contributed by atoms with Crippen LogP contribution >= 0.6 is 23.2 Å². The summed E-state index contributed by atoms with van der Waals surface area (Å²) in [6.45, 7) is 3.08. The van der Waals surface area contributed by atoms with Crippen LogP contribution < -0.4 is 5.73 Å². The second-order valence-corrected chi connectivity index (χ2v) is 4.46. The number of halogens is 2. The minimum atomic E-state index is -1.36. The highest BCUT2D eigenvalue weighted by atomic mass is 35.5. The molecule has 0 rings (SSSR count). The summed E-state index contributed by atoms with van der Waals surface area (Å²) in [7, 11) is 1.35. The van der Waals surface area contributed by atoms with Crippen LogP contribution in [0.25, 0.3) is 0 Å². The summed E-state index contributed by atoms with van der Waals surface area (Å²) in [6, 6.07) is 0. The molecule has 0 saturated heterocycles. The topological polar surface area (TPSA) is 66.6 Å². The second kappa shape index (κ2) is 4.46. The van der Waals surface area contributed by atoms with Crippen LogP contribution in [-0.4, -0.2) is 39.6 Å². The molecule has 3 atom stereocenters. The van der Waals surface area contributed by atoms with Crippen molar-refractivity contribution < 1.29 is 9.90 Å². The lowest BCUT2D eigenvalue weighted by Crippen LogP contribution is -2.52. The Morgan fingerprint density at radius 3 is 2.31 bits per heavy atom. The molecule has 0 fully saturated rings. The van der Waals surface area contributed by atoms with E-state index in [1.807, 2.05) is 0 Å². The van der Waals surface area contributed by atoms with Gasteiger partial charge in [-0.2, -0.15) is 0 Å². The highest BCUT2D eigenvalue weighted by Crippen LogP contribution is 2.26. The molecular weight excluding hydrogens is 215 g/mol. The fourth-order valence-electron chi connectivity index (χ4n) is 0.635. The maximum Gasteiger partial charge on any atom is 0.247 e. The van der Waals surface area contributed by atoms with E-state index < -0.39 is 22.5 Å². The zero-order valence-electron chi connectivity index (χ0n) is 7.79. The Bertz CT molecular complexity index is 195. The number of carbonyl (C=O) groups excluding carboxylic acids is 1. The summed E-state index contributed by atoms with van der Waals surface area (Å²) in [4.78, 5) is 11.2. The molecule has 0 aromatic carbocycles. The van der Waals surface area contributed by atoms with Crippen molar-refractivity contribution in [1.82, 2.24) is 4.90 Å². The third-order valence-corrected chi connectivity index (χ3v) is 2.92. The standard InChI is InChI=1S/C7H14Cl2N2O2/c1-4(8)7(2,9)5(12)11(3)6(10)13/h4,6,13H,10H2,1-3H3. The van der Waals surface area contributed by atoms with Gasteiger partial charge < -0.3 is 10.0 Å². The van der Waals surface area contributed by atoms with Crippen molar-refractivity contribution in [1.29, 1.82) is 0 Å². The van der Waals surface area contributed by atoms with Crippen molar-refractivity contribution in [3.8, 4) is 0 Å². The molecular formula is C7H14Cl2N2O2. The van der Waals surface area contributed by atoms with Gasteiger partial charge in [0, 0.05) is 7.05 Å². The quantitative estimate of drug-likeness (QED) is 0.540. The van der Waals surface area contributed by atoms with Crippen LogP contribution in [0.2, 0.25) is 0 Å². The first-order valence-corrected chi connectivity index (χ1v) is 4.56. The number of amides is 1. The van der Waals surface area contributed by atoms with Crippen molar-refractivity contribution >= 4 is 29.1 Å². The summed E-state index contributed by atoms with van der Waals surface area (Å²) in [5.74, 6) is -0.508. The van der Waals surface area contributed by atoms with Gasteiger partial charge in [-0.3, -0.25) is 10.5 Å². The molecule has 0 heterocycles. The largest absolute Gasteiger partial charge is 0.361 e. The maximum atomic E-state index is 11.5.